The van der Waals surface area contributed by atoms with Crippen LogP contribution in [0.1, 0.15) is 67.8 Å². The van der Waals surface area contributed by atoms with E-state index in [1.807, 2.05) is 0 Å². The maximum absolute atomic E-state index is 12.2. The van der Waals surface area contributed by atoms with E-state index >= 15 is 0 Å². The van der Waals surface area contributed by atoms with Crippen molar-refractivity contribution in [3.63, 3.8) is 0 Å². The quantitative estimate of drug-likeness (QED) is 0.818. The fourth-order valence-electron chi connectivity index (χ4n) is 2.92. The topological polar surface area (TPSA) is 29.1 Å². The van der Waals surface area contributed by atoms with Crippen molar-refractivity contribution in [2.24, 2.45) is 11.3 Å². The van der Waals surface area contributed by atoms with Crippen molar-refractivity contribution >= 4 is 17.2 Å². The Morgan fingerprint density at radius 2 is 2.20 bits per heavy atom. The normalized spacial score (nSPS) is 18.7. The van der Waals surface area contributed by atoms with Crippen molar-refractivity contribution in [1.29, 1.82) is 0 Å². The summed E-state index contributed by atoms with van der Waals surface area (Å²) in [6.45, 7) is 9.92. The second-order valence-electron chi connectivity index (χ2n) is 6.97. The molecule has 1 amide bonds. The highest BCUT2D eigenvalue weighted by atomic mass is 32.1. The van der Waals surface area contributed by atoms with Crippen LogP contribution in [0.15, 0.2) is 5.38 Å². The molecule has 1 unspecified atom stereocenters. The van der Waals surface area contributed by atoms with Crippen LogP contribution in [-0.2, 0) is 12.8 Å². The molecule has 2 nitrogen and oxygen atoms in total. The van der Waals surface area contributed by atoms with Crippen LogP contribution in [-0.4, -0.2) is 12.5 Å². The molecule has 0 saturated heterocycles. The van der Waals surface area contributed by atoms with Gasteiger partial charge in [0.1, 0.15) is 0 Å². The van der Waals surface area contributed by atoms with Crippen LogP contribution < -0.4 is 5.32 Å². The number of carbonyl (C=O) groups is 1. The lowest BCUT2D eigenvalue weighted by Gasteiger charge is -2.34. The van der Waals surface area contributed by atoms with Crippen LogP contribution in [0.3, 0.4) is 0 Å². The van der Waals surface area contributed by atoms with Gasteiger partial charge in [0.15, 0.2) is 0 Å². The maximum Gasteiger partial charge on any atom is 0.252 e. The second kappa shape index (κ2) is 6.30. The zero-order valence-corrected chi connectivity index (χ0v) is 14.0. The third-order valence-electron chi connectivity index (χ3n) is 4.44. The summed E-state index contributed by atoms with van der Waals surface area (Å²) in [7, 11) is 0. The fourth-order valence-corrected chi connectivity index (χ4v) is 4.08. The van der Waals surface area contributed by atoms with Gasteiger partial charge in [0.2, 0.25) is 0 Å². The minimum atomic E-state index is 0.130. The first kappa shape index (κ1) is 15.6. The largest absolute Gasteiger partial charge is 0.352 e. The minimum Gasteiger partial charge on any atom is -0.352 e. The summed E-state index contributed by atoms with van der Waals surface area (Å²) in [5.41, 5.74) is 2.63. The molecule has 0 aromatic carbocycles. The molecule has 112 valence electrons. The third-order valence-corrected chi connectivity index (χ3v) is 5.49. The van der Waals surface area contributed by atoms with Gasteiger partial charge < -0.3 is 5.32 Å². The lowest BCUT2D eigenvalue weighted by molar-refractivity contribution is 0.0952. The molecular weight excluding hydrogens is 266 g/mol. The van der Waals surface area contributed by atoms with E-state index in [-0.39, 0.29) is 5.91 Å². The summed E-state index contributed by atoms with van der Waals surface area (Å²) in [6, 6.07) is 0. The number of amides is 1. The summed E-state index contributed by atoms with van der Waals surface area (Å²) >= 11 is 1.78. The zero-order valence-electron chi connectivity index (χ0n) is 13.2. The first-order valence-electron chi connectivity index (χ1n) is 7.81. The lowest BCUT2D eigenvalue weighted by atomic mass is 9.72. The van der Waals surface area contributed by atoms with E-state index in [1.165, 1.54) is 16.9 Å². The van der Waals surface area contributed by atoms with E-state index in [4.69, 9.17) is 0 Å². The number of unbranched alkanes of at least 4 members (excludes halogenated alkanes) is 1. The van der Waals surface area contributed by atoms with Crippen LogP contribution >= 0.6 is 11.3 Å². The molecule has 2 rings (SSSR count). The monoisotopic (exact) mass is 293 g/mol. The Labute approximate surface area is 127 Å². The van der Waals surface area contributed by atoms with Gasteiger partial charge in [0, 0.05) is 16.8 Å². The Morgan fingerprint density at radius 3 is 2.85 bits per heavy atom. The first-order chi connectivity index (χ1) is 9.43. The molecule has 3 heteroatoms. The molecule has 0 aliphatic heterocycles. The van der Waals surface area contributed by atoms with Crippen molar-refractivity contribution in [2.75, 3.05) is 6.54 Å². The van der Waals surface area contributed by atoms with E-state index in [1.54, 1.807) is 11.3 Å². The van der Waals surface area contributed by atoms with Crippen LogP contribution in [0.25, 0.3) is 0 Å². The van der Waals surface area contributed by atoms with E-state index in [0.717, 1.165) is 43.7 Å². The Balaban J connectivity index is 2.06. The smallest absolute Gasteiger partial charge is 0.252 e. The highest BCUT2D eigenvalue weighted by Gasteiger charge is 2.31. The van der Waals surface area contributed by atoms with Gasteiger partial charge in [-0.15, -0.1) is 11.3 Å². The van der Waals surface area contributed by atoms with E-state index in [9.17, 15) is 4.79 Å². The number of rotatable bonds is 4. The molecule has 0 radical (unpaired) electrons. The average Bonchev–Trinajstić information content (AvgIpc) is 2.80. The number of hydrogen-bond donors (Lipinski definition) is 1. The SMILES string of the molecule is CCCCNC(=O)c1csc2c1CCC(C(C)(C)C)C2. The van der Waals surface area contributed by atoms with Crippen LogP contribution in [0.2, 0.25) is 0 Å². The molecule has 0 fully saturated rings. The van der Waals surface area contributed by atoms with Gasteiger partial charge in [-0.3, -0.25) is 4.79 Å². The van der Waals surface area contributed by atoms with Gasteiger partial charge in [-0.25, -0.2) is 0 Å². The maximum atomic E-state index is 12.2. The van der Waals surface area contributed by atoms with E-state index < -0.39 is 0 Å². The summed E-state index contributed by atoms with van der Waals surface area (Å²) in [6.07, 6.45) is 5.60. The number of carbonyl (C=O) groups excluding carboxylic acids is 1. The van der Waals surface area contributed by atoms with Gasteiger partial charge in [-0.05, 0) is 42.6 Å². The third kappa shape index (κ3) is 3.43. The standard InChI is InChI=1S/C17H27NOS/c1-5-6-9-18-16(19)14-11-20-15-10-12(17(2,3)4)7-8-13(14)15/h11-12H,5-10H2,1-4H3,(H,18,19). The molecule has 1 aromatic heterocycles. The number of hydrogen-bond acceptors (Lipinski definition) is 2. The van der Waals surface area contributed by atoms with Crippen LogP contribution in [0, 0.1) is 11.3 Å². The molecule has 1 aromatic rings. The Hall–Kier alpha value is -0.830. The Bertz CT molecular complexity index is 470. The van der Waals surface area contributed by atoms with E-state index in [2.05, 4.69) is 38.4 Å². The second-order valence-corrected chi connectivity index (χ2v) is 7.93. The number of thiophene rings is 1. The van der Waals surface area contributed by atoms with Gasteiger partial charge >= 0.3 is 0 Å². The van der Waals surface area contributed by atoms with Crippen molar-refractivity contribution in [3.8, 4) is 0 Å². The fraction of sp³-hybridized carbons (Fsp3) is 0.706. The highest BCUT2D eigenvalue weighted by molar-refractivity contribution is 7.10. The predicted molar refractivity (Wildman–Crippen MR) is 86.5 cm³/mol. The van der Waals surface area contributed by atoms with Crippen molar-refractivity contribution in [2.45, 2.75) is 59.8 Å². The molecule has 1 aliphatic carbocycles. The molecular formula is C17H27NOS. The molecule has 1 N–H and O–H groups in total. The Morgan fingerprint density at radius 1 is 1.45 bits per heavy atom. The lowest BCUT2D eigenvalue weighted by Crippen LogP contribution is -2.28. The molecule has 0 bridgehead atoms. The van der Waals surface area contributed by atoms with Crippen molar-refractivity contribution in [1.82, 2.24) is 5.32 Å². The molecule has 0 spiro atoms. The highest BCUT2D eigenvalue weighted by Crippen LogP contribution is 2.40. The van der Waals surface area contributed by atoms with Gasteiger partial charge in [-0.2, -0.15) is 0 Å². The predicted octanol–water partition coefficient (Wildman–Crippen LogP) is 4.43. The van der Waals surface area contributed by atoms with Crippen molar-refractivity contribution in [3.05, 3.63) is 21.4 Å². The summed E-state index contributed by atoms with van der Waals surface area (Å²) < 4.78 is 0. The molecule has 1 heterocycles. The molecule has 1 aliphatic rings. The molecule has 20 heavy (non-hydrogen) atoms. The summed E-state index contributed by atoms with van der Waals surface area (Å²) in [5.74, 6) is 0.870. The van der Waals surface area contributed by atoms with Gasteiger partial charge in [-0.1, -0.05) is 34.1 Å². The van der Waals surface area contributed by atoms with Crippen LogP contribution in [0.5, 0.6) is 0 Å². The molecule has 0 saturated carbocycles. The number of fused-ring (bicyclic) bond motifs is 1. The van der Waals surface area contributed by atoms with Crippen molar-refractivity contribution < 1.29 is 4.79 Å². The summed E-state index contributed by atoms with van der Waals surface area (Å²) in [4.78, 5) is 13.7. The van der Waals surface area contributed by atoms with Gasteiger partial charge in [0.05, 0.1) is 5.56 Å². The minimum absolute atomic E-state index is 0.130. The van der Waals surface area contributed by atoms with Gasteiger partial charge in [0.25, 0.3) is 5.91 Å². The molecule has 1 atom stereocenters. The Kier molecular flexibility index (Phi) is 4.90. The summed E-state index contributed by atoms with van der Waals surface area (Å²) in [5, 5.41) is 5.11. The van der Waals surface area contributed by atoms with Crippen LogP contribution in [0.4, 0.5) is 0 Å². The zero-order chi connectivity index (χ0) is 14.8. The number of nitrogens with one attached hydrogen (secondary N) is 1. The first-order valence-corrected chi connectivity index (χ1v) is 8.69. The van der Waals surface area contributed by atoms with E-state index in [0.29, 0.717) is 5.41 Å². The average molecular weight is 293 g/mol.